The Morgan fingerprint density at radius 3 is 2.46 bits per heavy atom. The molecule has 7 nitrogen and oxygen atoms in total. The number of halogens is 1. The fourth-order valence-electron chi connectivity index (χ4n) is 4.64. The second-order valence-electron chi connectivity index (χ2n) is 8.38. The molecule has 0 aliphatic carbocycles. The van der Waals surface area contributed by atoms with Crippen LogP contribution in [-0.2, 0) is 4.79 Å². The lowest BCUT2D eigenvalue weighted by Crippen LogP contribution is -2.55. The van der Waals surface area contributed by atoms with Gasteiger partial charge in [0, 0.05) is 23.4 Å². The van der Waals surface area contributed by atoms with Gasteiger partial charge in [-0.25, -0.2) is 14.1 Å². The number of hydrogen-bond donors (Lipinski definition) is 1. The van der Waals surface area contributed by atoms with Crippen molar-refractivity contribution in [1.82, 2.24) is 20.1 Å². The van der Waals surface area contributed by atoms with Crippen LogP contribution < -0.4 is 10.2 Å². The largest absolute Gasteiger partial charge is 0.338 e. The van der Waals surface area contributed by atoms with Gasteiger partial charge in [0.05, 0.1) is 16.4 Å². The molecule has 0 fully saturated rings. The molecule has 5 rings (SSSR count). The number of aromatic nitrogens is 3. The Bertz CT molecular complexity index is 1400. The first-order valence-corrected chi connectivity index (χ1v) is 12.2. The number of aryl methyl sites for hydroxylation is 2. The number of para-hydroxylation sites is 1. The van der Waals surface area contributed by atoms with Crippen LogP contribution in [0.5, 0.6) is 0 Å². The zero-order chi connectivity index (χ0) is 24.7. The van der Waals surface area contributed by atoms with E-state index in [1.54, 1.807) is 27.1 Å². The summed E-state index contributed by atoms with van der Waals surface area (Å²) in [5, 5.41) is 10.1. The van der Waals surface area contributed by atoms with Crippen molar-refractivity contribution in [1.29, 1.82) is 0 Å². The average Bonchev–Trinajstić information content (AvgIpc) is 3.44. The summed E-state index contributed by atoms with van der Waals surface area (Å²) in [6, 6.07) is 14.7. The van der Waals surface area contributed by atoms with E-state index in [1.807, 2.05) is 51.1 Å². The summed E-state index contributed by atoms with van der Waals surface area (Å²) in [7, 11) is 0. The third-order valence-corrected chi connectivity index (χ3v) is 6.97. The maximum Gasteiger partial charge on any atom is 0.271 e. The Labute approximate surface area is 206 Å². The molecule has 1 aliphatic rings. The SMILES string of the molecule is CCN1C(=O)[C@@H](NC(=O)c2csc(C)n2)[C@@H](c2ccc(F)cc2)c2c(C)nn(-c3ccccc3)c21. The number of hydrogen-bond acceptors (Lipinski definition) is 5. The summed E-state index contributed by atoms with van der Waals surface area (Å²) in [6.07, 6.45) is 0. The normalized spacial score (nSPS) is 17.4. The van der Waals surface area contributed by atoms with Gasteiger partial charge >= 0.3 is 0 Å². The number of carbonyl (C=O) groups is 2. The average molecular weight is 490 g/mol. The van der Waals surface area contributed by atoms with E-state index in [0.29, 0.717) is 17.9 Å². The number of nitrogens with one attached hydrogen (secondary N) is 1. The highest BCUT2D eigenvalue weighted by atomic mass is 32.1. The van der Waals surface area contributed by atoms with E-state index < -0.39 is 17.9 Å². The molecule has 1 N–H and O–H groups in total. The summed E-state index contributed by atoms with van der Waals surface area (Å²) in [5.41, 5.74) is 3.35. The molecule has 3 heterocycles. The Kier molecular flexibility index (Phi) is 5.94. The predicted molar refractivity (Wildman–Crippen MR) is 133 cm³/mol. The van der Waals surface area contributed by atoms with Crippen LogP contribution in [0.3, 0.4) is 0 Å². The van der Waals surface area contributed by atoms with Gasteiger partial charge in [-0.1, -0.05) is 30.3 Å². The smallest absolute Gasteiger partial charge is 0.271 e. The molecule has 1 aliphatic heterocycles. The Morgan fingerprint density at radius 2 is 1.83 bits per heavy atom. The standard InChI is InChI=1S/C26H24FN5O2S/c1-4-31-25-21(15(2)30-32(25)19-8-6-5-7-9-19)22(17-10-12-18(27)13-11-17)23(26(31)34)29-24(33)20-14-35-16(3)28-20/h5-14,22-23H,4H2,1-3H3,(H,29,33)/t22-,23-/m0/s1. The Hall–Kier alpha value is -3.85. The van der Waals surface area contributed by atoms with Gasteiger partial charge in [0.25, 0.3) is 11.8 Å². The number of amides is 2. The highest BCUT2D eigenvalue weighted by molar-refractivity contribution is 7.09. The fraction of sp³-hybridized carbons (Fsp3) is 0.231. The van der Waals surface area contributed by atoms with Gasteiger partial charge in [-0.3, -0.25) is 14.5 Å². The number of carbonyl (C=O) groups excluding carboxylic acids is 2. The van der Waals surface area contributed by atoms with Gasteiger partial charge in [-0.05, 0) is 50.6 Å². The Balaban J connectivity index is 1.69. The molecule has 9 heteroatoms. The van der Waals surface area contributed by atoms with E-state index in [-0.39, 0.29) is 17.4 Å². The van der Waals surface area contributed by atoms with E-state index in [1.165, 1.54) is 23.5 Å². The van der Waals surface area contributed by atoms with Crippen LogP contribution in [0.2, 0.25) is 0 Å². The molecule has 35 heavy (non-hydrogen) atoms. The topological polar surface area (TPSA) is 80.1 Å². The third kappa shape index (κ3) is 4.01. The molecule has 0 unspecified atom stereocenters. The fourth-order valence-corrected chi connectivity index (χ4v) is 5.24. The van der Waals surface area contributed by atoms with E-state index in [4.69, 9.17) is 5.10 Å². The lowest BCUT2D eigenvalue weighted by Gasteiger charge is -2.38. The molecule has 0 saturated heterocycles. The lowest BCUT2D eigenvalue weighted by molar-refractivity contribution is -0.121. The van der Waals surface area contributed by atoms with Crippen LogP contribution in [0.1, 0.15) is 45.2 Å². The van der Waals surface area contributed by atoms with Crippen molar-refractivity contribution < 1.29 is 14.0 Å². The molecule has 2 amide bonds. The number of thiazole rings is 1. The number of rotatable bonds is 5. The molecular formula is C26H24FN5O2S. The highest BCUT2D eigenvalue weighted by Gasteiger charge is 2.45. The maximum absolute atomic E-state index is 13.9. The monoisotopic (exact) mass is 489 g/mol. The van der Waals surface area contributed by atoms with Crippen molar-refractivity contribution in [2.75, 3.05) is 11.4 Å². The number of anilines is 1. The van der Waals surface area contributed by atoms with Crippen LogP contribution in [0, 0.1) is 19.7 Å². The van der Waals surface area contributed by atoms with Crippen LogP contribution >= 0.6 is 11.3 Å². The second-order valence-corrected chi connectivity index (χ2v) is 9.45. The molecule has 4 aromatic rings. The van der Waals surface area contributed by atoms with Crippen LogP contribution in [0.25, 0.3) is 5.69 Å². The number of nitrogens with zero attached hydrogens (tertiary/aromatic N) is 4. The molecule has 0 radical (unpaired) electrons. The molecular weight excluding hydrogens is 465 g/mol. The third-order valence-electron chi connectivity index (χ3n) is 6.20. The first kappa shape index (κ1) is 22.9. The minimum absolute atomic E-state index is 0.258. The molecule has 0 spiro atoms. The molecule has 178 valence electrons. The van der Waals surface area contributed by atoms with Crippen molar-refractivity contribution >= 4 is 29.0 Å². The molecule has 2 aromatic carbocycles. The second kappa shape index (κ2) is 9.07. The van der Waals surface area contributed by atoms with Gasteiger partial charge in [0.1, 0.15) is 23.4 Å². The van der Waals surface area contributed by atoms with Crippen LogP contribution in [0.4, 0.5) is 10.2 Å². The molecule has 2 atom stereocenters. The van der Waals surface area contributed by atoms with Crippen molar-refractivity contribution in [3.63, 3.8) is 0 Å². The number of benzene rings is 2. The number of fused-ring (bicyclic) bond motifs is 1. The van der Waals surface area contributed by atoms with E-state index in [0.717, 1.165) is 22.0 Å². The first-order valence-electron chi connectivity index (χ1n) is 11.3. The predicted octanol–water partition coefficient (Wildman–Crippen LogP) is 4.38. The summed E-state index contributed by atoms with van der Waals surface area (Å²) in [6.45, 7) is 5.99. The van der Waals surface area contributed by atoms with Crippen LogP contribution in [0.15, 0.2) is 60.0 Å². The van der Waals surface area contributed by atoms with Gasteiger partial charge in [-0.15, -0.1) is 11.3 Å². The lowest BCUT2D eigenvalue weighted by atomic mass is 9.81. The van der Waals surface area contributed by atoms with Gasteiger partial charge < -0.3 is 5.32 Å². The molecule has 2 aromatic heterocycles. The van der Waals surface area contributed by atoms with Crippen LogP contribution in [-0.4, -0.2) is 39.2 Å². The van der Waals surface area contributed by atoms with Crippen molar-refractivity contribution in [3.05, 3.63) is 93.3 Å². The first-order chi connectivity index (χ1) is 16.9. The molecule has 0 bridgehead atoms. The molecule has 0 saturated carbocycles. The zero-order valence-corrected chi connectivity index (χ0v) is 20.3. The quantitative estimate of drug-likeness (QED) is 0.451. The highest BCUT2D eigenvalue weighted by Crippen LogP contribution is 2.43. The number of likely N-dealkylation sites (N-methyl/N-ethyl adjacent to an activating group) is 1. The van der Waals surface area contributed by atoms with E-state index in [2.05, 4.69) is 10.3 Å². The van der Waals surface area contributed by atoms with Crippen molar-refractivity contribution in [2.24, 2.45) is 0 Å². The van der Waals surface area contributed by atoms with Gasteiger partial charge in [0.15, 0.2) is 0 Å². The zero-order valence-electron chi connectivity index (χ0n) is 19.5. The summed E-state index contributed by atoms with van der Waals surface area (Å²) in [4.78, 5) is 32.9. The van der Waals surface area contributed by atoms with E-state index >= 15 is 0 Å². The van der Waals surface area contributed by atoms with Gasteiger partial charge in [0.2, 0.25) is 0 Å². The Morgan fingerprint density at radius 1 is 1.11 bits per heavy atom. The summed E-state index contributed by atoms with van der Waals surface area (Å²) >= 11 is 1.37. The van der Waals surface area contributed by atoms with E-state index in [9.17, 15) is 14.0 Å². The summed E-state index contributed by atoms with van der Waals surface area (Å²) in [5.74, 6) is -0.951. The maximum atomic E-state index is 13.9. The minimum atomic E-state index is -0.908. The van der Waals surface area contributed by atoms with Gasteiger partial charge in [-0.2, -0.15) is 5.10 Å². The van der Waals surface area contributed by atoms with Crippen molar-refractivity contribution in [2.45, 2.75) is 32.7 Å². The minimum Gasteiger partial charge on any atom is -0.338 e. The summed E-state index contributed by atoms with van der Waals surface area (Å²) < 4.78 is 15.6. The van der Waals surface area contributed by atoms with Crippen molar-refractivity contribution in [3.8, 4) is 5.69 Å².